The second kappa shape index (κ2) is 10.9. The number of benzene rings is 3. The van der Waals surface area contributed by atoms with E-state index in [9.17, 15) is 14.9 Å². The number of nitro benzene ring substituents is 1. The van der Waals surface area contributed by atoms with Gasteiger partial charge in [-0.2, -0.15) is 4.80 Å². The van der Waals surface area contributed by atoms with E-state index >= 15 is 0 Å². The third-order valence-electron chi connectivity index (χ3n) is 6.23. The summed E-state index contributed by atoms with van der Waals surface area (Å²) in [6, 6.07) is 17.8. The lowest BCUT2D eigenvalue weighted by molar-refractivity contribution is -0.384. The third kappa shape index (κ3) is 5.45. The van der Waals surface area contributed by atoms with Crippen LogP contribution in [-0.2, 0) is 11.2 Å². The highest BCUT2D eigenvalue weighted by atomic mass is 32.1. The van der Waals surface area contributed by atoms with Crippen LogP contribution in [0.3, 0.4) is 0 Å². The third-order valence-corrected chi connectivity index (χ3v) is 6.43. The summed E-state index contributed by atoms with van der Waals surface area (Å²) in [5, 5.41) is 26.4. The Hall–Kier alpha value is -4.42. The summed E-state index contributed by atoms with van der Waals surface area (Å²) < 4.78 is 5.32. The van der Waals surface area contributed by atoms with Crippen molar-refractivity contribution in [3.05, 3.63) is 81.9 Å². The van der Waals surface area contributed by atoms with Gasteiger partial charge in [-0.05, 0) is 66.7 Å². The molecule has 2 N–H and O–H groups in total. The number of ether oxygens (including phenoxy) is 1. The number of carbonyl (C=O) groups excluding carboxylic acids is 1. The second-order valence-corrected chi connectivity index (χ2v) is 9.09. The van der Waals surface area contributed by atoms with Gasteiger partial charge in [0.2, 0.25) is 0 Å². The molecule has 0 unspecified atom stereocenters. The number of aromatic nitrogens is 3. The highest BCUT2D eigenvalue weighted by Gasteiger charge is 2.23. The zero-order valence-electron chi connectivity index (χ0n) is 20.6. The van der Waals surface area contributed by atoms with Crippen LogP contribution < -0.4 is 15.5 Å². The minimum atomic E-state index is -0.554. The van der Waals surface area contributed by atoms with Crippen molar-refractivity contribution in [2.45, 2.75) is 13.3 Å². The molecule has 0 spiro atoms. The highest BCUT2D eigenvalue weighted by Crippen LogP contribution is 2.30. The number of carbonyl (C=O) groups is 1. The van der Waals surface area contributed by atoms with E-state index in [2.05, 4.69) is 27.8 Å². The molecule has 1 aliphatic rings. The molecular formula is C26H25N7O4S. The molecule has 1 fully saturated rings. The van der Waals surface area contributed by atoms with Crippen LogP contribution in [0.1, 0.15) is 22.8 Å². The van der Waals surface area contributed by atoms with E-state index in [1.165, 1.54) is 11.6 Å². The van der Waals surface area contributed by atoms with E-state index in [1.54, 1.807) is 35.1 Å². The quantitative estimate of drug-likeness (QED) is 0.217. The number of anilines is 2. The lowest BCUT2D eigenvalue weighted by Crippen LogP contribution is -2.37. The molecule has 4 aromatic rings. The molecule has 11 nitrogen and oxygen atoms in total. The van der Waals surface area contributed by atoms with Crippen molar-refractivity contribution in [2.24, 2.45) is 0 Å². The molecule has 1 amide bonds. The van der Waals surface area contributed by atoms with Crippen molar-refractivity contribution in [2.75, 3.05) is 36.5 Å². The number of nitrogens with zero attached hydrogens (tertiary/aromatic N) is 5. The van der Waals surface area contributed by atoms with Gasteiger partial charge in [0.25, 0.3) is 11.6 Å². The number of fused-ring (bicyclic) bond motifs is 1. The topological polar surface area (TPSA) is 127 Å². The zero-order valence-corrected chi connectivity index (χ0v) is 21.4. The van der Waals surface area contributed by atoms with Crippen LogP contribution in [0.5, 0.6) is 0 Å². The first-order chi connectivity index (χ1) is 18.4. The number of aryl methyl sites for hydroxylation is 1. The first-order valence-electron chi connectivity index (χ1n) is 12.1. The Morgan fingerprint density at radius 2 is 1.79 bits per heavy atom. The lowest BCUT2D eigenvalue weighted by atomic mass is 10.1. The van der Waals surface area contributed by atoms with E-state index in [4.69, 9.17) is 17.0 Å². The van der Waals surface area contributed by atoms with Gasteiger partial charge in [0, 0.05) is 30.4 Å². The molecule has 12 heteroatoms. The van der Waals surface area contributed by atoms with E-state index in [-0.39, 0.29) is 16.4 Å². The number of amides is 1. The molecule has 1 saturated heterocycles. The fourth-order valence-electron chi connectivity index (χ4n) is 4.19. The molecule has 194 valence electrons. The minimum Gasteiger partial charge on any atom is -0.378 e. The van der Waals surface area contributed by atoms with Crippen LogP contribution in [0.15, 0.2) is 60.7 Å². The zero-order chi connectivity index (χ0) is 26.6. The summed E-state index contributed by atoms with van der Waals surface area (Å²) in [7, 11) is 0. The Morgan fingerprint density at radius 1 is 1.05 bits per heavy atom. The number of nitrogens with one attached hydrogen (secondary N) is 2. The normalized spacial score (nSPS) is 13.3. The van der Waals surface area contributed by atoms with E-state index in [0.717, 1.165) is 12.1 Å². The first-order valence-corrected chi connectivity index (χ1v) is 12.5. The maximum atomic E-state index is 12.8. The number of nitro groups is 1. The molecule has 1 aliphatic heterocycles. The fourth-order valence-corrected chi connectivity index (χ4v) is 4.40. The summed E-state index contributed by atoms with van der Waals surface area (Å²) in [5.41, 5.74) is 4.50. The monoisotopic (exact) mass is 531 g/mol. The van der Waals surface area contributed by atoms with Crippen molar-refractivity contribution >= 4 is 51.3 Å². The summed E-state index contributed by atoms with van der Waals surface area (Å²) in [4.78, 5) is 27.5. The number of thiocarbonyl (C=S) groups is 1. The minimum absolute atomic E-state index is 0.0526. The summed E-state index contributed by atoms with van der Waals surface area (Å²) >= 11 is 5.31. The van der Waals surface area contributed by atoms with Crippen molar-refractivity contribution < 1.29 is 14.5 Å². The Labute approximate surface area is 223 Å². The standard InChI is InChI=1S/C26H25N7O4S/c1-2-17-3-7-20(8-4-17)32-29-21-9-6-19(16-22(21)30-32)27-26(38)28-25(34)18-5-10-23(24(15-18)33(35)36)31-11-13-37-14-12-31/h3-10,15-16H,2,11-14H2,1H3,(H2,27,28,34,38). The SMILES string of the molecule is CCc1ccc(-n2nc3ccc(NC(=S)NC(=O)c4ccc(N5CCOCC5)c([N+](=O)[O-])c4)cc3n2)cc1. The van der Waals surface area contributed by atoms with Crippen molar-refractivity contribution in [1.82, 2.24) is 20.3 Å². The largest absolute Gasteiger partial charge is 0.378 e. The molecule has 38 heavy (non-hydrogen) atoms. The molecule has 0 radical (unpaired) electrons. The van der Waals surface area contributed by atoms with Crippen molar-refractivity contribution in [1.29, 1.82) is 0 Å². The van der Waals surface area contributed by atoms with Gasteiger partial charge in [-0.15, -0.1) is 10.2 Å². The van der Waals surface area contributed by atoms with E-state index in [0.29, 0.717) is 48.7 Å². The van der Waals surface area contributed by atoms with Gasteiger partial charge in [-0.3, -0.25) is 20.2 Å². The van der Waals surface area contributed by atoms with Gasteiger partial charge >= 0.3 is 0 Å². The molecule has 0 saturated carbocycles. The molecule has 3 aromatic carbocycles. The predicted octanol–water partition coefficient (Wildman–Crippen LogP) is 3.85. The smallest absolute Gasteiger partial charge is 0.293 e. The lowest BCUT2D eigenvalue weighted by Gasteiger charge is -2.28. The maximum Gasteiger partial charge on any atom is 0.293 e. The van der Waals surface area contributed by atoms with Gasteiger partial charge in [-0.25, -0.2) is 0 Å². The molecule has 2 heterocycles. The second-order valence-electron chi connectivity index (χ2n) is 8.68. The van der Waals surface area contributed by atoms with E-state index < -0.39 is 10.8 Å². The summed E-state index contributed by atoms with van der Waals surface area (Å²) in [5.74, 6) is -0.554. The van der Waals surface area contributed by atoms with Crippen LogP contribution in [0.25, 0.3) is 16.7 Å². The van der Waals surface area contributed by atoms with E-state index in [1.807, 2.05) is 29.2 Å². The average Bonchev–Trinajstić information content (AvgIpc) is 3.36. The predicted molar refractivity (Wildman–Crippen MR) is 148 cm³/mol. The number of hydrogen-bond donors (Lipinski definition) is 2. The van der Waals surface area contributed by atoms with Crippen LogP contribution >= 0.6 is 12.2 Å². The Balaban J connectivity index is 1.27. The molecule has 0 aliphatic carbocycles. The molecule has 1 aromatic heterocycles. The Morgan fingerprint density at radius 3 is 2.50 bits per heavy atom. The molecular weight excluding hydrogens is 506 g/mol. The fraction of sp³-hybridized carbons (Fsp3) is 0.231. The molecule has 0 atom stereocenters. The Kier molecular flexibility index (Phi) is 7.24. The van der Waals surface area contributed by atoms with Crippen LogP contribution in [0, 0.1) is 10.1 Å². The summed E-state index contributed by atoms with van der Waals surface area (Å²) in [6.45, 7) is 4.18. The Bertz CT molecular complexity index is 1510. The number of rotatable bonds is 6. The number of morpholine rings is 1. The van der Waals surface area contributed by atoms with Gasteiger partial charge in [0.1, 0.15) is 16.7 Å². The highest BCUT2D eigenvalue weighted by molar-refractivity contribution is 7.80. The van der Waals surface area contributed by atoms with Gasteiger partial charge in [-0.1, -0.05) is 19.1 Å². The van der Waals surface area contributed by atoms with Gasteiger partial charge in [0.05, 0.1) is 23.8 Å². The van der Waals surface area contributed by atoms with Gasteiger partial charge in [0.15, 0.2) is 5.11 Å². The maximum absolute atomic E-state index is 12.8. The van der Waals surface area contributed by atoms with Crippen LogP contribution in [0.2, 0.25) is 0 Å². The van der Waals surface area contributed by atoms with Crippen LogP contribution in [0.4, 0.5) is 17.1 Å². The molecule has 5 rings (SSSR count). The first kappa shape index (κ1) is 25.2. The van der Waals surface area contributed by atoms with Crippen molar-refractivity contribution in [3.8, 4) is 5.69 Å². The molecule has 0 bridgehead atoms. The van der Waals surface area contributed by atoms with Gasteiger partial charge < -0.3 is 15.0 Å². The van der Waals surface area contributed by atoms with Crippen LogP contribution in [-0.4, -0.2) is 57.2 Å². The number of hydrogen-bond acceptors (Lipinski definition) is 8. The average molecular weight is 532 g/mol. The van der Waals surface area contributed by atoms with Crippen molar-refractivity contribution in [3.63, 3.8) is 0 Å². The summed E-state index contributed by atoms with van der Waals surface area (Å²) in [6.07, 6.45) is 0.955.